The van der Waals surface area contributed by atoms with Gasteiger partial charge >= 0.3 is 0 Å². The molecule has 0 aliphatic carbocycles. The summed E-state index contributed by atoms with van der Waals surface area (Å²) in [6.45, 7) is 8.26. The van der Waals surface area contributed by atoms with Crippen molar-refractivity contribution in [3.05, 3.63) is 41.3 Å². The van der Waals surface area contributed by atoms with Gasteiger partial charge in [-0.05, 0) is 31.4 Å². The number of aromatic nitrogens is 3. The van der Waals surface area contributed by atoms with Crippen molar-refractivity contribution in [3.63, 3.8) is 0 Å². The van der Waals surface area contributed by atoms with Gasteiger partial charge in [0.05, 0.1) is 6.04 Å². The fraction of sp³-hybridized carbons (Fsp3) is 0.400. The smallest absolute Gasteiger partial charge is 0.222 e. The number of nitrogens with one attached hydrogen (secondary N) is 1. The maximum atomic E-state index is 5.74. The first-order chi connectivity index (χ1) is 9.49. The average Bonchev–Trinajstić information content (AvgIpc) is 2.41. The van der Waals surface area contributed by atoms with Gasteiger partial charge in [-0.3, -0.25) is 4.98 Å². The lowest BCUT2D eigenvalue weighted by Gasteiger charge is -2.24. The molecule has 5 nitrogen and oxygen atoms in total. The van der Waals surface area contributed by atoms with Gasteiger partial charge in [0.2, 0.25) is 5.95 Å². The van der Waals surface area contributed by atoms with E-state index in [0.29, 0.717) is 11.9 Å². The van der Waals surface area contributed by atoms with Gasteiger partial charge in [0.1, 0.15) is 5.82 Å². The lowest BCUT2D eigenvalue weighted by molar-refractivity contribution is 0.543. The quantitative estimate of drug-likeness (QED) is 0.894. The zero-order valence-electron chi connectivity index (χ0n) is 12.4. The Morgan fingerprint density at radius 2 is 1.95 bits per heavy atom. The Morgan fingerprint density at radius 1 is 1.20 bits per heavy atom. The molecule has 0 unspecified atom stereocenters. The van der Waals surface area contributed by atoms with Crippen LogP contribution in [0.15, 0.2) is 24.5 Å². The molecule has 0 amide bonds. The van der Waals surface area contributed by atoms with Gasteiger partial charge in [-0.15, -0.1) is 0 Å². The van der Waals surface area contributed by atoms with Crippen molar-refractivity contribution in [1.29, 1.82) is 0 Å². The van der Waals surface area contributed by atoms with Crippen molar-refractivity contribution < 1.29 is 0 Å². The van der Waals surface area contributed by atoms with E-state index in [4.69, 9.17) is 5.73 Å². The molecule has 0 saturated heterocycles. The van der Waals surface area contributed by atoms with Crippen LogP contribution in [0.25, 0.3) is 0 Å². The molecule has 0 aromatic carbocycles. The van der Waals surface area contributed by atoms with Crippen LogP contribution in [-0.2, 0) is 0 Å². The second kappa shape index (κ2) is 5.86. The third-order valence-corrected chi connectivity index (χ3v) is 3.41. The van der Waals surface area contributed by atoms with E-state index in [2.05, 4.69) is 40.2 Å². The molecule has 0 aliphatic rings. The maximum Gasteiger partial charge on any atom is 0.222 e. The summed E-state index contributed by atoms with van der Waals surface area (Å²) in [7, 11) is 0. The van der Waals surface area contributed by atoms with Crippen molar-refractivity contribution >= 4 is 11.8 Å². The first-order valence-corrected chi connectivity index (χ1v) is 6.76. The van der Waals surface area contributed by atoms with Gasteiger partial charge in [0.25, 0.3) is 0 Å². The van der Waals surface area contributed by atoms with E-state index >= 15 is 0 Å². The van der Waals surface area contributed by atoms with Crippen molar-refractivity contribution in [2.24, 2.45) is 5.92 Å². The average molecular weight is 271 g/mol. The number of nitrogens with zero attached hydrogens (tertiary/aromatic N) is 3. The number of hydrogen-bond donors (Lipinski definition) is 2. The lowest BCUT2D eigenvalue weighted by Crippen LogP contribution is -2.19. The Hall–Kier alpha value is -2.17. The SMILES string of the molecule is Cc1nc(N)nc(N[C@H](c2cccnc2)C(C)C)c1C. The summed E-state index contributed by atoms with van der Waals surface area (Å²) in [5, 5.41) is 3.47. The Balaban J connectivity index is 2.35. The van der Waals surface area contributed by atoms with Gasteiger partial charge in [-0.1, -0.05) is 19.9 Å². The van der Waals surface area contributed by atoms with E-state index in [1.165, 1.54) is 0 Å². The summed E-state index contributed by atoms with van der Waals surface area (Å²) in [4.78, 5) is 12.7. The van der Waals surface area contributed by atoms with Crippen LogP contribution in [0.4, 0.5) is 11.8 Å². The molecule has 5 heteroatoms. The molecule has 0 bridgehead atoms. The molecule has 106 valence electrons. The predicted molar refractivity (Wildman–Crippen MR) is 81.4 cm³/mol. The summed E-state index contributed by atoms with van der Waals surface area (Å²) in [5.41, 5.74) is 8.80. The highest BCUT2D eigenvalue weighted by Crippen LogP contribution is 2.27. The Labute approximate surface area is 119 Å². The van der Waals surface area contributed by atoms with E-state index in [0.717, 1.165) is 22.6 Å². The molecule has 0 fully saturated rings. The molecule has 2 aromatic heterocycles. The van der Waals surface area contributed by atoms with Crippen LogP contribution in [0.1, 0.15) is 36.7 Å². The second-order valence-corrected chi connectivity index (χ2v) is 5.29. The van der Waals surface area contributed by atoms with Gasteiger partial charge in [-0.2, -0.15) is 4.98 Å². The van der Waals surface area contributed by atoms with Gasteiger partial charge in [0.15, 0.2) is 0 Å². The zero-order chi connectivity index (χ0) is 14.7. The molecule has 2 heterocycles. The first-order valence-electron chi connectivity index (χ1n) is 6.76. The van der Waals surface area contributed by atoms with Crippen molar-refractivity contribution in [2.75, 3.05) is 11.1 Å². The molecule has 2 rings (SSSR count). The predicted octanol–water partition coefficient (Wildman–Crippen LogP) is 2.88. The van der Waals surface area contributed by atoms with Crippen LogP contribution < -0.4 is 11.1 Å². The highest BCUT2D eigenvalue weighted by atomic mass is 15.1. The molecule has 0 radical (unpaired) electrons. The molecular weight excluding hydrogens is 250 g/mol. The number of nitrogen functional groups attached to an aromatic ring is 1. The highest BCUT2D eigenvalue weighted by molar-refractivity contribution is 5.50. The summed E-state index contributed by atoms with van der Waals surface area (Å²) >= 11 is 0. The van der Waals surface area contributed by atoms with Crippen LogP contribution in [-0.4, -0.2) is 15.0 Å². The van der Waals surface area contributed by atoms with Gasteiger partial charge < -0.3 is 11.1 Å². The number of rotatable bonds is 4. The van der Waals surface area contributed by atoms with Crippen LogP contribution in [0.5, 0.6) is 0 Å². The number of aryl methyl sites for hydroxylation is 1. The van der Waals surface area contributed by atoms with E-state index in [1.54, 1.807) is 6.20 Å². The molecule has 0 spiro atoms. The molecule has 0 saturated carbocycles. The molecule has 1 atom stereocenters. The fourth-order valence-electron chi connectivity index (χ4n) is 2.13. The van der Waals surface area contributed by atoms with Crippen molar-refractivity contribution in [1.82, 2.24) is 15.0 Å². The third-order valence-electron chi connectivity index (χ3n) is 3.41. The molecular formula is C15H21N5. The molecule has 0 aliphatic heterocycles. The number of hydrogen-bond acceptors (Lipinski definition) is 5. The standard InChI is InChI=1S/C15H21N5/c1-9(2)13(12-6-5-7-17-8-12)19-14-10(3)11(4)18-15(16)20-14/h5-9,13H,1-4H3,(H3,16,18,19,20)/t13-/m0/s1. The summed E-state index contributed by atoms with van der Waals surface area (Å²) in [5.74, 6) is 1.48. The molecule has 3 N–H and O–H groups in total. The van der Waals surface area contributed by atoms with E-state index < -0.39 is 0 Å². The van der Waals surface area contributed by atoms with E-state index in [1.807, 2.05) is 26.1 Å². The summed E-state index contributed by atoms with van der Waals surface area (Å²) in [6.07, 6.45) is 3.66. The molecule has 20 heavy (non-hydrogen) atoms. The highest BCUT2D eigenvalue weighted by Gasteiger charge is 2.18. The normalized spacial score (nSPS) is 12.4. The van der Waals surface area contributed by atoms with Crippen LogP contribution in [0.2, 0.25) is 0 Å². The minimum Gasteiger partial charge on any atom is -0.368 e. The van der Waals surface area contributed by atoms with Crippen molar-refractivity contribution in [2.45, 2.75) is 33.7 Å². The Bertz CT molecular complexity index is 580. The first kappa shape index (κ1) is 14.2. The van der Waals surface area contributed by atoms with Gasteiger partial charge in [0, 0.05) is 23.7 Å². The third kappa shape index (κ3) is 3.04. The van der Waals surface area contributed by atoms with Crippen molar-refractivity contribution in [3.8, 4) is 0 Å². The summed E-state index contributed by atoms with van der Waals surface area (Å²) < 4.78 is 0. The fourth-order valence-corrected chi connectivity index (χ4v) is 2.13. The molecule has 2 aromatic rings. The lowest BCUT2D eigenvalue weighted by atomic mass is 9.97. The van der Waals surface area contributed by atoms with E-state index in [-0.39, 0.29) is 6.04 Å². The Morgan fingerprint density at radius 3 is 2.55 bits per heavy atom. The van der Waals surface area contributed by atoms with Crippen LogP contribution >= 0.6 is 0 Å². The number of anilines is 2. The monoisotopic (exact) mass is 271 g/mol. The minimum absolute atomic E-state index is 0.135. The second-order valence-electron chi connectivity index (χ2n) is 5.29. The topological polar surface area (TPSA) is 76.7 Å². The largest absolute Gasteiger partial charge is 0.368 e. The minimum atomic E-state index is 0.135. The summed E-state index contributed by atoms with van der Waals surface area (Å²) in [6, 6.07) is 4.15. The number of nitrogens with two attached hydrogens (primary N) is 1. The van der Waals surface area contributed by atoms with E-state index in [9.17, 15) is 0 Å². The Kier molecular flexibility index (Phi) is 4.17. The maximum absolute atomic E-state index is 5.74. The van der Waals surface area contributed by atoms with Crippen LogP contribution in [0, 0.1) is 19.8 Å². The number of pyridine rings is 1. The zero-order valence-corrected chi connectivity index (χ0v) is 12.4. The van der Waals surface area contributed by atoms with Crippen LogP contribution in [0.3, 0.4) is 0 Å². The van der Waals surface area contributed by atoms with Gasteiger partial charge in [-0.25, -0.2) is 4.98 Å².